The number of hydrogen-bond donors (Lipinski definition) is 1. The fourth-order valence-electron chi connectivity index (χ4n) is 2.07. The molecule has 0 spiro atoms. The monoisotopic (exact) mass is 290 g/mol. The molecule has 0 bridgehead atoms. The van der Waals surface area contributed by atoms with Gasteiger partial charge < -0.3 is 5.32 Å². The van der Waals surface area contributed by atoms with Crippen molar-refractivity contribution in [3.63, 3.8) is 0 Å². The Bertz CT molecular complexity index is 737. The maximum absolute atomic E-state index is 12.2. The van der Waals surface area contributed by atoms with E-state index in [2.05, 4.69) is 12.2 Å². The molecule has 1 N–H and O–H groups in total. The molecule has 0 heterocycles. The van der Waals surface area contributed by atoms with Crippen LogP contribution in [0.5, 0.6) is 0 Å². The highest BCUT2D eigenvalue weighted by molar-refractivity contribution is 6.09. The molecule has 0 aromatic heterocycles. The molecule has 0 saturated carbocycles. The van der Waals surface area contributed by atoms with E-state index in [9.17, 15) is 10.1 Å². The first-order chi connectivity index (χ1) is 10.6. The number of nitrogens with zero attached hydrogens (tertiary/aromatic N) is 1. The minimum Gasteiger partial charge on any atom is -0.321 e. The van der Waals surface area contributed by atoms with Gasteiger partial charge in [0.05, 0.1) is 0 Å². The zero-order valence-corrected chi connectivity index (χ0v) is 12.8. The Morgan fingerprint density at radius 1 is 1.18 bits per heavy atom. The molecule has 2 aromatic carbocycles. The van der Waals surface area contributed by atoms with Gasteiger partial charge in [0.15, 0.2) is 0 Å². The second kappa shape index (κ2) is 7.24. The van der Waals surface area contributed by atoms with Gasteiger partial charge in [-0.25, -0.2) is 0 Å². The van der Waals surface area contributed by atoms with E-state index in [0.29, 0.717) is 0 Å². The molecule has 0 radical (unpaired) electrons. The van der Waals surface area contributed by atoms with E-state index in [-0.39, 0.29) is 5.57 Å². The van der Waals surface area contributed by atoms with Crippen molar-refractivity contribution in [3.05, 3.63) is 70.8 Å². The number of rotatable bonds is 4. The zero-order chi connectivity index (χ0) is 15.9. The number of anilines is 1. The molecule has 110 valence electrons. The number of hydrogen-bond acceptors (Lipinski definition) is 2. The molecule has 0 aliphatic rings. The fourth-order valence-corrected chi connectivity index (χ4v) is 2.07. The molecule has 22 heavy (non-hydrogen) atoms. The number of para-hydroxylation sites is 1. The molecule has 2 rings (SSSR count). The van der Waals surface area contributed by atoms with E-state index < -0.39 is 5.91 Å². The third kappa shape index (κ3) is 3.83. The van der Waals surface area contributed by atoms with Gasteiger partial charge in [-0.3, -0.25) is 4.79 Å². The summed E-state index contributed by atoms with van der Waals surface area (Å²) >= 11 is 0. The Balaban J connectivity index is 2.20. The average Bonchev–Trinajstić information content (AvgIpc) is 2.55. The van der Waals surface area contributed by atoms with Crippen molar-refractivity contribution < 1.29 is 4.79 Å². The van der Waals surface area contributed by atoms with E-state index in [4.69, 9.17) is 0 Å². The minimum absolute atomic E-state index is 0.0903. The largest absolute Gasteiger partial charge is 0.321 e. The summed E-state index contributed by atoms with van der Waals surface area (Å²) in [6.07, 6.45) is 2.57. The number of amides is 1. The quantitative estimate of drug-likeness (QED) is 0.680. The molecular formula is C19H18N2O. The molecule has 1 amide bonds. The van der Waals surface area contributed by atoms with Crippen molar-refractivity contribution >= 4 is 17.7 Å². The first-order valence-corrected chi connectivity index (χ1v) is 7.21. The number of carbonyl (C=O) groups is 1. The number of benzene rings is 2. The zero-order valence-electron chi connectivity index (χ0n) is 12.8. The van der Waals surface area contributed by atoms with Crippen LogP contribution >= 0.6 is 0 Å². The lowest BCUT2D eigenvalue weighted by molar-refractivity contribution is -0.112. The summed E-state index contributed by atoms with van der Waals surface area (Å²) < 4.78 is 0. The van der Waals surface area contributed by atoms with Gasteiger partial charge in [0, 0.05) is 5.69 Å². The van der Waals surface area contributed by atoms with Crippen LogP contribution < -0.4 is 5.32 Å². The summed E-state index contributed by atoms with van der Waals surface area (Å²) in [4.78, 5) is 12.2. The van der Waals surface area contributed by atoms with Crippen LogP contribution in [0.15, 0.2) is 54.1 Å². The number of nitrogens with one attached hydrogen (secondary N) is 1. The van der Waals surface area contributed by atoms with Gasteiger partial charge in [-0.05, 0) is 42.2 Å². The molecule has 0 fully saturated rings. The minimum atomic E-state index is -0.392. The second-order valence-electron chi connectivity index (χ2n) is 5.03. The van der Waals surface area contributed by atoms with Gasteiger partial charge in [0.1, 0.15) is 11.6 Å². The van der Waals surface area contributed by atoms with Crippen molar-refractivity contribution in [2.45, 2.75) is 20.3 Å². The van der Waals surface area contributed by atoms with E-state index in [0.717, 1.165) is 23.2 Å². The maximum atomic E-state index is 12.2. The second-order valence-corrected chi connectivity index (χ2v) is 5.03. The van der Waals surface area contributed by atoms with Crippen LogP contribution in [-0.4, -0.2) is 5.91 Å². The first kappa shape index (κ1) is 15.5. The van der Waals surface area contributed by atoms with Gasteiger partial charge in [-0.2, -0.15) is 5.26 Å². The van der Waals surface area contributed by atoms with Crippen LogP contribution in [0.25, 0.3) is 6.08 Å². The third-order valence-corrected chi connectivity index (χ3v) is 3.46. The first-order valence-electron chi connectivity index (χ1n) is 7.21. The predicted octanol–water partition coefficient (Wildman–Crippen LogP) is 4.10. The topological polar surface area (TPSA) is 52.9 Å². The highest BCUT2D eigenvalue weighted by Gasteiger charge is 2.10. The summed E-state index contributed by atoms with van der Waals surface area (Å²) in [7, 11) is 0. The van der Waals surface area contributed by atoms with Crippen LogP contribution in [0.1, 0.15) is 23.6 Å². The molecule has 0 saturated heterocycles. The lowest BCUT2D eigenvalue weighted by atomic mass is 10.1. The number of nitriles is 1. The van der Waals surface area contributed by atoms with E-state index in [1.54, 1.807) is 6.08 Å². The van der Waals surface area contributed by atoms with Crippen molar-refractivity contribution in [2.24, 2.45) is 0 Å². The standard InChI is InChI=1S/C19H18N2O/c1-3-15-8-10-16(11-9-15)12-17(13-20)19(22)21-18-7-5-4-6-14(18)2/h4-12H,3H2,1-2H3,(H,21,22)/b17-12+. The Kier molecular flexibility index (Phi) is 5.11. The summed E-state index contributed by atoms with van der Waals surface area (Å²) in [6, 6.07) is 17.3. The Morgan fingerprint density at radius 2 is 1.86 bits per heavy atom. The summed E-state index contributed by atoms with van der Waals surface area (Å²) in [5.41, 5.74) is 3.83. The molecule has 2 aromatic rings. The molecule has 0 aliphatic carbocycles. The van der Waals surface area contributed by atoms with E-state index >= 15 is 0 Å². The van der Waals surface area contributed by atoms with Crippen LogP contribution in [-0.2, 0) is 11.2 Å². The molecular weight excluding hydrogens is 272 g/mol. The maximum Gasteiger partial charge on any atom is 0.266 e. The lowest BCUT2D eigenvalue weighted by Crippen LogP contribution is -2.14. The summed E-state index contributed by atoms with van der Waals surface area (Å²) in [5, 5.41) is 12.0. The average molecular weight is 290 g/mol. The lowest BCUT2D eigenvalue weighted by Gasteiger charge is -2.07. The van der Waals surface area contributed by atoms with Crippen molar-refractivity contribution in [1.29, 1.82) is 5.26 Å². The van der Waals surface area contributed by atoms with Crippen LogP contribution in [0.2, 0.25) is 0 Å². The summed E-state index contributed by atoms with van der Waals surface area (Å²) in [5.74, 6) is -0.392. The van der Waals surface area contributed by atoms with Crippen molar-refractivity contribution in [2.75, 3.05) is 5.32 Å². The van der Waals surface area contributed by atoms with E-state index in [1.165, 1.54) is 5.56 Å². The molecule has 3 nitrogen and oxygen atoms in total. The van der Waals surface area contributed by atoms with Crippen molar-refractivity contribution in [3.8, 4) is 6.07 Å². The van der Waals surface area contributed by atoms with E-state index in [1.807, 2.05) is 61.5 Å². The molecule has 3 heteroatoms. The fraction of sp³-hybridized carbons (Fsp3) is 0.158. The van der Waals surface area contributed by atoms with Crippen LogP contribution in [0, 0.1) is 18.3 Å². The van der Waals surface area contributed by atoms with Crippen LogP contribution in [0.3, 0.4) is 0 Å². The highest BCUT2D eigenvalue weighted by Crippen LogP contribution is 2.15. The normalized spacial score (nSPS) is 10.9. The third-order valence-electron chi connectivity index (χ3n) is 3.46. The smallest absolute Gasteiger partial charge is 0.266 e. The van der Waals surface area contributed by atoms with Gasteiger partial charge in [0.2, 0.25) is 0 Å². The molecule has 0 atom stereocenters. The number of carbonyl (C=O) groups excluding carboxylic acids is 1. The number of aryl methyl sites for hydroxylation is 2. The molecule has 0 aliphatic heterocycles. The Morgan fingerprint density at radius 3 is 2.45 bits per heavy atom. The Labute approximate surface area is 130 Å². The van der Waals surface area contributed by atoms with Crippen LogP contribution in [0.4, 0.5) is 5.69 Å². The van der Waals surface area contributed by atoms with Gasteiger partial charge >= 0.3 is 0 Å². The highest BCUT2D eigenvalue weighted by atomic mass is 16.1. The predicted molar refractivity (Wildman–Crippen MR) is 89.2 cm³/mol. The van der Waals surface area contributed by atoms with Gasteiger partial charge in [-0.1, -0.05) is 49.4 Å². The van der Waals surface area contributed by atoms with Crippen molar-refractivity contribution in [1.82, 2.24) is 0 Å². The summed E-state index contributed by atoms with van der Waals surface area (Å²) in [6.45, 7) is 4.00. The Hall–Kier alpha value is -2.86. The van der Waals surface area contributed by atoms with Gasteiger partial charge in [0.25, 0.3) is 5.91 Å². The SMILES string of the molecule is CCc1ccc(/C=C(\C#N)C(=O)Nc2ccccc2C)cc1. The molecule has 0 unspecified atom stereocenters. The van der Waals surface area contributed by atoms with Gasteiger partial charge in [-0.15, -0.1) is 0 Å².